The standard InChI is InChI=1S/C8H14N4O/c1-3-4-12-7(9)6(8(10)13)5(2)11-12/h3-4,9H2,1-2H3,(H2,10,13). The van der Waals surface area contributed by atoms with E-state index in [0.29, 0.717) is 23.6 Å². The molecule has 5 nitrogen and oxygen atoms in total. The van der Waals surface area contributed by atoms with Crippen LogP contribution >= 0.6 is 0 Å². The number of hydrogen-bond donors (Lipinski definition) is 2. The van der Waals surface area contributed by atoms with Gasteiger partial charge in [0.25, 0.3) is 5.91 Å². The number of aromatic nitrogens is 2. The molecule has 0 atom stereocenters. The van der Waals surface area contributed by atoms with Gasteiger partial charge in [-0.05, 0) is 13.3 Å². The highest BCUT2D eigenvalue weighted by Crippen LogP contribution is 2.15. The molecule has 1 rings (SSSR count). The lowest BCUT2D eigenvalue weighted by Crippen LogP contribution is -2.14. The van der Waals surface area contributed by atoms with Gasteiger partial charge in [-0.15, -0.1) is 0 Å². The minimum atomic E-state index is -0.516. The smallest absolute Gasteiger partial charge is 0.254 e. The summed E-state index contributed by atoms with van der Waals surface area (Å²) in [6, 6.07) is 0. The number of carbonyl (C=O) groups is 1. The molecule has 0 aromatic carbocycles. The van der Waals surface area contributed by atoms with Gasteiger partial charge in [0, 0.05) is 6.54 Å². The summed E-state index contributed by atoms with van der Waals surface area (Å²) < 4.78 is 1.61. The van der Waals surface area contributed by atoms with Gasteiger partial charge >= 0.3 is 0 Å². The molecule has 72 valence electrons. The van der Waals surface area contributed by atoms with Crippen molar-refractivity contribution in [3.05, 3.63) is 11.3 Å². The fourth-order valence-electron chi connectivity index (χ4n) is 1.29. The number of nitrogens with two attached hydrogens (primary N) is 2. The van der Waals surface area contributed by atoms with Crippen LogP contribution in [0.2, 0.25) is 0 Å². The van der Waals surface area contributed by atoms with Gasteiger partial charge in [-0.1, -0.05) is 6.92 Å². The van der Waals surface area contributed by atoms with E-state index in [1.807, 2.05) is 6.92 Å². The van der Waals surface area contributed by atoms with Crippen molar-refractivity contribution in [1.82, 2.24) is 9.78 Å². The predicted molar refractivity (Wildman–Crippen MR) is 50.2 cm³/mol. The highest BCUT2D eigenvalue weighted by molar-refractivity contribution is 5.98. The summed E-state index contributed by atoms with van der Waals surface area (Å²) >= 11 is 0. The van der Waals surface area contributed by atoms with Crippen LogP contribution in [-0.2, 0) is 6.54 Å². The molecule has 0 radical (unpaired) electrons. The monoisotopic (exact) mass is 182 g/mol. The van der Waals surface area contributed by atoms with E-state index in [1.54, 1.807) is 11.6 Å². The Morgan fingerprint density at radius 1 is 1.62 bits per heavy atom. The third-order valence-corrected chi connectivity index (χ3v) is 1.85. The van der Waals surface area contributed by atoms with Gasteiger partial charge in [0.15, 0.2) is 0 Å². The lowest BCUT2D eigenvalue weighted by molar-refractivity contribution is 0.100. The highest BCUT2D eigenvalue weighted by Gasteiger charge is 2.15. The molecule has 0 bridgehead atoms. The first-order valence-electron chi connectivity index (χ1n) is 4.20. The van der Waals surface area contributed by atoms with Crippen LogP contribution in [0.3, 0.4) is 0 Å². The van der Waals surface area contributed by atoms with E-state index in [2.05, 4.69) is 5.10 Å². The molecule has 4 N–H and O–H groups in total. The summed E-state index contributed by atoms with van der Waals surface area (Å²) in [5.41, 5.74) is 11.8. The summed E-state index contributed by atoms with van der Waals surface area (Å²) in [4.78, 5) is 10.9. The Bertz CT molecular complexity index is 329. The number of nitrogens with zero attached hydrogens (tertiary/aromatic N) is 2. The molecular weight excluding hydrogens is 168 g/mol. The maximum atomic E-state index is 10.9. The average Bonchev–Trinajstić information content (AvgIpc) is 2.28. The van der Waals surface area contributed by atoms with Crippen molar-refractivity contribution in [2.75, 3.05) is 5.73 Å². The van der Waals surface area contributed by atoms with Crippen molar-refractivity contribution >= 4 is 11.7 Å². The van der Waals surface area contributed by atoms with Gasteiger partial charge in [0.2, 0.25) is 0 Å². The number of primary amides is 1. The summed E-state index contributed by atoms with van der Waals surface area (Å²) in [7, 11) is 0. The van der Waals surface area contributed by atoms with Crippen LogP contribution in [-0.4, -0.2) is 15.7 Å². The van der Waals surface area contributed by atoms with Crippen molar-refractivity contribution < 1.29 is 4.79 Å². The molecular formula is C8H14N4O. The number of hydrogen-bond acceptors (Lipinski definition) is 3. The van der Waals surface area contributed by atoms with E-state index >= 15 is 0 Å². The Morgan fingerprint density at radius 2 is 2.23 bits per heavy atom. The van der Waals surface area contributed by atoms with E-state index in [1.165, 1.54) is 0 Å². The number of carbonyl (C=O) groups excluding carboxylic acids is 1. The molecule has 0 saturated carbocycles. The number of aryl methyl sites for hydroxylation is 2. The average molecular weight is 182 g/mol. The van der Waals surface area contributed by atoms with Crippen molar-refractivity contribution in [3.63, 3.8) is 0 Å². The third kappa shape index (κ3) is 1.63. The van der Waals surface area contributed by atoms with Gasteiger partial charge < -0.3 is 11.5 Å². The first kappa shape index (κ1) is 9.57. The van der Waals surface area contributed by atoms with E-state index in [-0.39, 0.29) is 0 Å². The molecule has 0 aliphatic rings. The Balaban J connectivity index is 3.14. The molecule has 0 unspecified atom stereocenters. The number of nitrogen functional groups attached to an aromatic ring is 1. The van der Waals surface area contributed by atoms with Gasteiger partial charge in [0.05, 0.1) is 5.69 Å². The van der Waals surface area contributed by atoms with Crippen LogP contribution in [0.25, 0.3) is 0 Å². The molecule has 1 aromatic heterocycles. The van der Waals surface area contributed by atoms with Gasteiger partial charge in [-0.25, -0.2) is 4.68 Å². The van der Waals surface area contributed by atoms with Crippen molar-refractivity contribution in [2.24, 2.45) is 5.73 Å². The maximum absolute atomic E-state index is 10.9. The van der Waals surface area contributed by atoms with Crippen molar-refractivity contribution in [1.29, 1.82) is 0 Å². The topological polar surface area (TPSA) is 86.9 Å². The number of anilines is 1. The molecule has 13 heavy (non-hydrogen) atoms. The van der Waals surface area contributed by atoms with Crippen molar-refractivity contribution in [3.8, 4) is 0 Å². The van der Waals surface area contributed by atoms with E-state index in [9.17, 15) is 4.79 Å². The predicted octanol–water partition coefficient (Wildman–Crippen LogP) is 0.283. The molecule has 0 saturated heterocycles. The molecule has 1 heterocycles. The molecule has 1 amide bonds. The van der Waals surface area contributed by atoms with E-state index < -0.39 is 5.91 Å². The Labute approximate surface area is 76.7 Å². The second-order valence-corrected chi connectivity index (χ2v) is 2.93. The summed E-state index contributed by atoms with van der Waals surface area (Å²) in [5.74, 6) is -0.149. The van der Waals surface area contributed by atoms with Gasteiger partial charge in [-0.2, -0.15) is 5.10 Å². The minimum absolute atomic E-state index is 0.341. The van der Waals surface area contributed by atoms with Crippen molar-refractivity contribution in [2.45, 2.75) is 26.8 Å². The fraction of sp³-hybridized carbons (Fsp3) is 0.500. The Hall–Kier alpha value is -1.52. The van der Waals surface area contributed by atoms with Crippen LogP contribution in [0.4, 0.5) is 5.82 Å². The molecule has 0 fully saturated rings. The largest absolute Gasteiger partial charge is 0.383 e. The van der Waals surface area contributed by atoms with Gasteiger partial charge in [0.1, 0.15) is 11.4 Å². The zero-order valence-corrected chi connectivity index (χ0v) is 7.87. The van der Waals surface area contributed by atoms with Crippen LogP contribution in [0, 0.1) is 6.92 Å². The zero-order valence-electron chi connectivity index (χ0n) is 7.87. The van der Waals surface area contributed by atoms with E-state index in [4.69, 9.17) is 11.5 Å². The van der Waals surface area contributed by atoms with Crippen LogP contribution < -0.4 is 11.5 Å². The molecule has 1 aromatic rings. The summed E-state index contributed by atoms with van der Waals surface area (Å²) in [6.07, 6.45) is 0.920. The zero-order chi connectivity index (χ0) is 10.0. The lowest BCUT2D eigenvalue weighted by Gasteiger charge is -2.00. The lowest BCUT2D eigenvalue weighted by atomic mass is 10.2. The molecule has 5 heteroatoms. The fourth-order valence-corrected chi connectivity index (χ4v) is 1.29. The summed E-state index contributed by atoms with van der Waals surface area (Å²) in [5, 5.41) is 4.11. The quantitative estimate of drug-likeness (QED) is 0.704. The first-order valence-corrected chi connectivity index (χ1v) is 4.20. The van der Waals surface area contributed by atoms with E-state index in [0.717, 1.165) is 6.42 Å². The number of amides is 1. The SMILES string of the molecule is CCCn1nc(C)c(C(N)=O)c1N. The normalized spacial score (nSPS) is 10.3. The minimum Gasteiger partial charge on any atom is -0.383 e. The molecule has 0 aliphatic carbocycles. The van der Waals surface area contributed by atoms with Crippen LogP contribution in [0.5, 0.6) is 0 Å². The van der Waals surface area contributed by atoms with Crippen LogP contribution in [0.15, 0.2) is 0 Å². The Kier molecular flexibility index (Phi) is 2.55. The third-order valence-electron chi connectivity index (χ3n) is 1.85. The summed E-state index contributed by atoms with van der Waals surface area (Å²) in [6.45, 7) is 4.45. The molecule has 0 aliphatic heterocycles. The second kappa shape index (κ2) is 3.47. The first-order chi connectivity index (χ1) is 6.07. The second-order valence-electron chi connectivity index (χ2n) is 2.93. The molecule has 0 spiro atoms. The van der Waals surface area contributed by atoms with Gasteiger partial charge in [-0.3, -0.25) is 4.79 Å². The highest BCUT2D eigenvalue weighted by atomic mass is 16.1. The number of rotatable bonds is 3. The maximum Gasteiger partial charge on any atom is 0.254 e. The van der Waals surface area contributed by atoms with Crippen LogP contribution in [0.1, 0.15) is 29.4 Å². The Morgan fingerprint density at radius 3 is 2.62 bits per heavy atom.